The molecule has 3 aromatic rings. The third kappa shape index (κ3) is 3.26. The number of benzene rings is 1. The maximum atomic E-state index is 11.0. The Morgan fingerprint density at radius 2 is 2.08 bits per heavy atom. The van der Waals surface area contributed by atoms with Gasteiger partial charge in [0.15, 0.2) is 5.82 Å². The SMILES string of the molecule is CC(C)c1cccc(-c2cnc(-n3cc(C(=O)O)cn3)cc2C#N)c1. The first-order valence-electron chi connectivity index (χ1n) is 7.78. The van der Waals surface area contributed by atoms with Crippen LogP contribution in [0.15, 0.2) is 48.9 Å². The Morgan fingerprint density at radius 3 is 2.72 bits per heavy atom. The molecule has 0 aliphatic rings. The van der Waals surface area contributed by atoms with Crippen molar-refractivity contribution in [2.75, 3.05) is 0 Å². The van der Waals surface area contributed by atoms with E-state index < -0.39 is 5.97 Å². The smallest absolute Gasteiger partial charge is 0.338 e. The molecule has 0 fully saturated rings. The van der Waals surface area contributed by atoms with Gasteiger partial charge in [-0.15, -0.1) is 0 Å². The van der Waals surface area contributed by atoms with E-state index in [9.17, 15) is 10.1 Å². The van der Waals surface area contributed by atoms with Gasteiger partial charge in [0.25, 0.3) is 0 Å². The van der Waals surface area contributed by atoms with Crippen LogP contribution in [0.5, 0.6) is 0 Å². The number of carboxylic acids is 1. The van der Waals surface area contributed by atoms with Crippen LogP contribution in [0.3, 0.4) is 0 Å². The average Bonchev–Trinajstić information content (AvgIpc) is 3.11. The van der Waals surface area contributed by atoms with Crippen molar-refractivity contribution in [1.82, 2.24) is 14.8 Å². The van der Waals surface area contributed by atoms with Crippen LogP contribution in [0, 0.1) is 11.3 Å². The minimum Gasteiger partial charge on any atom is -0.478 e. The fourth-order valence-corrected chi connectivity index (χ4v) is 2.52. The molecule has 1 N–H and O–H groups in total. The molecule has 124 valence electrons. The van der Waals surface area contributed by atoms with E-state index in [1.807, 2.05) is 12.1 Å². The van der Waals surface area contributed by atoms with Crippen molar-refractivity contribution in [2.45, 2.75) is 19.8 Å². The zero-order chi connectivity index (χ0) is 18.0. The van der Waals surface area contributed by atoms with Gasteiger partial charge in [-0.25, -0.2) is 14.5 Å². The summed E-state index contributed by atoms with van der Waals surface area (Å²) in [6.45, 7) is 4.23. The van der Waals surface area contributed by atoms with Crippen LogP contribution >= 0.6 is 0 Å². The maximum Gasteiger partial charge on any atom is 0.338 e. The van der Waals surface area contributed by atoms with Gasteiger partial charge < -0.3 is 5.11 Å². The van der Waals surface area contributed by atoms with Crippen molar-refractivity contribution in [1.29, 1.82) is 5.26 Å². The van der Waals surface area contributed by atoms with Gasteiger partial charge in [0.1, 0.15) is 0 Å². The molecule has 2 heterocycles. The summed E-state index contributed by atoms with van der Waals surface area (Å²) < 4.78 is 1.35. The highest BCUT2D eigenvalue weighted by Gasteiger charge is 2.12. The highest BCUT2D eigenvalue weighted by atomic mass is 16.4. The van der Waals surface area contributed by atoms with Crippen molar-refractivity contribution in [3.8, 4) is 23.0 Å². The summed E-state index contributed by atoms with van der Waals surface area (Å²) in [7, 11) is 0. The van der Waals surface area contributed by atoms with Gasteiger partial charge in [-0.3, -0.25) is 0 Å². The highest BCUT2D eigenvalue weighted by molar-refractivity contribution is 5.87. The zero-order valence-corrected chi connectivity index (χ0v) is 13.8. The number of hydrogen-bond donors (Lipinski definition) is 1. The van der Waals surface area contributed by atoms with Crippen LogP contribution in [0.2, 0.25) is 0 Å². The predicted octanol–water partition coefficient (Wildman–Crippen LogP) is 3.63. The number of pyridine rings is 1. The molecule has 1 aromatic carbocycles. The number of carboxylic acid groups (broad SMARTS) is 1. The Bertz CT molecular complexity index is 983. The van der Waals surface area contributed by atoms with E-state index in [2.05, 4.69) is 42.1 Å². The quantitative estimate of drug-likeness (QED) is 0.787. The van der Waals surface area contributed by atoms with Crippen molar-refractivity contribution >= 4 is 5.97 Å². The van der Waals surface area contributed by atoms with E-state index in [0.29, 0.717) is 17.3 Å². The van der Waals surface area contributed by atoms with E-state index in [4.69, 9.17) is 5.11 Å². The Hall–Kier alpha value is -3.46. The topological polar surface area (TPSA) is 91.8 Å². The Morgan fingerprint density at radius 1 is 1.28 bits per heavy atom. The molecule has 6 nitrogen and oxygen atoms in total. The van der Waals surface area contributed by atoms with Gasteiger partial charge in [0, 0.05) is 24.0 Å². The summed E-state index contributed by atoms with van der Waals surface area (Å²) in [6.07, 6.45) is 4.23. The first kappa shape index (κ1) is 16.4. The standard InChI is InChI=1S/C19H16N4O2/c1-12(2)13-4-3-5-14(6-13)17-10-21-18(7-15(17)8-20)23-11-16(9-22-23)19(24)25/h3-7,9-12H,1-2H3,(H,24,25). The third-order valence-corrected chi connectivity index (χ3v) is 3.94. The molecule has 0 aliphatic carbocycles. The monoisotopic (exact) mass is 332 g/mol. The zero-order valence-electron chi connectivity index (χ0n) is 13.8. The van der Waals surface area contributed by atoms with Crippen LogP contribution in [-0.4, -0.2) is 25.8 Å². The molecule has 0 spiro atoms. The molecule has 0 saturated heterocycles. The molecule has 0 radical (unpaired) electrons. The lowest BCUT2D eigenvalue weighted by atomic mass is 9.96. The molecule has 0 amide bonds. The lowest BCUT2D eigenvalue weighted by Crippen LogP contribution is -2.00. The van der Waals surface area contributed by atoms with Gasteiger partial charge in [0.05, 0.1) is 23.4 Å². The van der Waals surface area contributed by atoms with E-state index in [-0.39, 0.29) is 5.56 Å². The molecule has 0 bridgehead atoms. The Kier molecular flexibility index (Phi) is 4.31. The Balaban J connectivity index is 2.04. The predicted molar refractivity (Wildman–Crippen MR) is 92.6 cm³/mol. The van der Waals surface area contributed by atoms with Crippen molar-refractivity contribution in [3.05, 3.63) is 65.6 Å². The van der Waals surface area contributed by atoms with Gasteiger partial charge in [0.2, 0.25) is 0 Å². The van der Waals surface area contributed by atoms with E-state index in [0.717, 1.165) is 11.1 Å². The lowest BCUT2D eigenvalue weighted by molar-refractivity contribution is 0.0697. The molecular formula is C19H16N4O2. The average molecular weight is 332 g/mol. The molecular weight excluding hydrogens is 316 g/mol. The maximum absolute atomic E-state index is 11.0. The van der Waals surface area contributed by atoms with E-state index in [1.54, 1.807) is 12.3 Å². The summed E-state index contributed by atoms with van der Waals surface area (Å²) in [5.41, 5.74) is 3.36. The number of nitriles is 1. The minimum absolute atomic E-state index is 0.0639. The van der Waals surface area contributed by atoms with Crippen LogP contribution in [0.25, 0.3) is 16.9 Å². The molecule has 0 saturated carbocycles. The number of rotatable bonds is 4. The highest BCUT2D eigenvalue weighted by Crippen LogP contribution is 2.27. The van der Waals surface area contributed by atoms with Crippen LogP contribution in [0.4, 0.5) is 0 Å². The lowest BCUT2D eigenvalue weighted by Gasteiger charge is -2.10. The summed E-state index contributed by atoms with van der Waals surface area (Å²) in [5, 5.41) is 22.5. The summed E-state index contributed by atoms with van der Waals surface area (Å²) in [6, 6.07) is 11.8. The summed E-state index contributed by atoms with van der Waals surface area (Å²) in [4.78, 5) is 15.3. The normalized spacial score (nSPS) is 10.6. The van der Waals surface area contributed by atoms with Crippen molar-refractivity contribution < 1.29 is 9.90 Å². The first-order valence-corrected chi connectivity index (χ1v) is 7.78. The van der Waals surface area contributed by atoms with Crippen LogP contribution in [0.1, 0.15) is 41.3 Å². The van der Waals surface area contributed by atoms with Crippen LogP contribution < -0.4 is 0 Å². The van der Waals surface area contributed by atoms with Gasteiger partial charge in [-0.05, 0) is 17.0 Å². The first-order chi connectivity index (χ1) is 12.0. The van der Waals surface area contributed by atoms with E-state index in [1.165, 1.54) is 22.6 Å². The summed E-state index contributed by atoms with van der Waals surface area (Å²) >= 11 is 0. The number of aromatic carboxylic acids is 1. The molecule has 0 aliphatic heterocycles. The second-order valence-corrected chi connectivity index (χ2v) is 5.96. The van der Waals surface area contributed by atoms with Gasteiger partial charge in [-0.2, -0.15) is 10.4 Å². The fourth-order valence-electron chi connectivity index (χ4n) is 2.52. The molecule has 0 unspecified atom stereocenters. The fraction of sp³-hybridized carbons (Fsp3) is 0.158. The molecule has 0 atom stereocenters. The minimum atomic E-state index is -1.06. The molecule has 3 rings (SSSR count). The largest absolute Gasteiger partial charge is 0.478 e. The molecule has 6 heteroatoms. The molecule has 2 aromatic heterocycles. The Labute approximate surface area is 145 Å². The van der Waals surface area contributed by atoms with Crippen molar-refractivity contribution in [3.63, 3.8) is 0 Å². The number of aromatic nitrogens is 3. The van der Waals surface area contributed by atoms with Gasteiger partial charge >= 0.3 is 5.97 Å². The second-order valence-electron chi connectivity index (χ2n) is 5.96. The van der Waals surface area contributed by atoms with Crippen molar-refractivity contribution in [2.24, 2.45) is 0 Å². The second kappa shape index (κ2) is 6.57. The molecule has 25 heavy (non-hydrogen) atoms. The van der Waals surface area contributed by atoms with Gasteiger partial charge in [-0.1, -0.05) is 38.1 Å². The third-order valence-electron chi connectivity index (χ3n) is 3.94. The van der Waals surface area contributed by atoms with E-state index >= 15 is 0 Å². The number of hydrogen-bond acceptors (Lipinski definition) is 4. The number of nitrogens with zero attached hydrogens (tertiary/aromatic N) is 4. The van der Waals surface area contributed by atoms with Crippen LogP contribution in [-0.2, 0) is 0 Å². The summed E-state index contributed by atoms with van der Waals surface area (Å²) in [5.74, 6) is -0.280. The number of carbonyl (C=O) groups is 1.